The van der Waals surface area contributed by atoms with Crippen molar-refractivity contribution in [1.29, 1.82) is 0 Å². The van der Waals surface area contributed by atoms with E-state index in [2.05, 4.69) is 15.6 Å². The first-order chi connectivity index (χ1) is 18.0. The van der Waals surface area contributed by atoms with Crippen LogP contribution in [-0.2, 0) is 22.6 Å². The van der Waals surface area contributed by atoms with Gasteiger partial charge in [-0.1, -0.05) is 101 Å². The van der Waals surface area contributed by atoms with Crippen LogP contribution in [0.25, 0.3) is 0 Å². The minimum absolute atomic E-state index is 0.0676. The van der Waals surface area contributed by atoms with Crippen LogP contribution in [0, 0.1) is 17.8 Å². The molecule has 7 heteroatoms. The number of nitrogens with one attached hydrogen (secondary N) is 2. The van der Waals surface area contributed by atoms with Crippen molar-refractivity contribution in [3.05, 3.63) is 59.8 Å². The van der Waals surface area contributed by atoms with Crippen molar-refractivity contribution in [3.8, 4) is 0 Å². The molecule has 200 valence electrons. The lowest BCUT2D eigenvalue weighted by Crippen LogP contribution is -2.56. The quantitative estimate of drug-likeness (QED) is 0.386. The van der Waals surface area contributed by atoms with Crippen LogP contribution < -0.4 is 16.4 Å². The van der Waals surface area contributed by atoms with Crippen molar-refractivity contribution in [2.24, 2.45) is 17.8 Å². The number of aromatic nitrogens is 1. The van der Waals surface area contributed by atoms with Gasteiger partial charge in [0.15, 0.2) is 0 Å². The van der Waals surface area contributed by atoms with E-state index in [1.165, 1.54) is 38.5 Å². The molecule has 4 rings (SSSR count). The number of nitrogen functional groups attached to an aromatic ring is 1. The maximum Gasteiger partial charge on any atom is 0.249 e. The van der Waals surface area contributed by atoms with Gasteiger partial charge >= 0.3 is 0 Å². The average molecular weight is 507 g/mol. The summed E-state index contributed by atoms with van der Waals surface area (Å²) in [6, 6.07) is 12.4. The normalized spacial score (nSPS) is 18.8. The molecule has 2 aromatic rings. The van der Waals surface area contributed by atoms with Crippen LogP contribution in [0.5, 0.6) is 0 Å². The third kappa shape index (κ3) is 7.78. The number of nitrogens with zero attached hydrogens (tertiary/aromatic N) is 1. The Kier molecular flexibility index (Phi) is 9.94. The lowest BCUT2D eigenvalue weighted by atomic mass is 9.66. The van der Waals surface area contributed by atoms with Crippen LogP contribution in [0.15, 0.2) is 48.7 Å². The largest absolute Gasteiger partial charge is 0.384 e. The van der Waals surface area contributed by atoms with Crippen molar-refractivity contribution < 1.29 is 14.7 Å². The number of rotatable bonds is 10. The van der Waals surface area contributed by atoms with Gasteiger partial charge in [-0.2, -0.15) is 0 Å². The Labute approximate surface area is 220 Å². The standard InChI is InChI=1S/C30H42N4O3/c31-26-17-16-22(19-32-26)20-33-30(37)28(34-29(36)25(35)18-21-10-4-1-5-11-21)27(23-12-6-2-7-13-23)24-14-8-3-9-15-24/h1,4-5,10-11,16-17,19,23-25,27-28,35H,2-3,6-9,12-15,18,20H2,(H2,31,32)(H,33,37)(H,34,36)/t25-,28+/m0/s1. The van der Waals surface area contributed by atoms with Gasteiger partial charge in [-0.3, -0.25) is 9.59 Å². The van der Waals surface area contributed by atoms with Crippen LogP contribution >= 0.6 is 0 Å². The topological polar surface area (TPSA) is 117 Å². The van der Waals surface area contributed by atoms with Gasteiger partial charge in [0.1, 0.15) is 18.0 Å². The number of anilines is 1. The second-order valence-corrected chi connectivity index (χ2v) is 10.9. The van der Waals surface area contributed by atoms with E-state index in [9.17, 15) is 14.7 Å². The van der Waals surface area contributed by atoms with E-state index in [1.54, 1.807) is 12.3 Å². The molecular weight excluding hydrogens is 464 g/mol. The molecule has 2 aliphatic carbocycles. The molecule has 1 aromatic carbocycles. The number of aliphatic hydroxyl groups excluding tert-OH is 1. The summed E-state index contributed by atoms with van der Waals surface area (Å²) in [5.74, 6) is 0.642. The Bertz CT molecular complexity index is 968. The SMILES string of the molecule is Nc1ccc(CNC(=O)[C@H](NC(=O)[C@@H](O)Cc2ccccc2)C(C2CCCCC2)C2CCCCC2)cn1. The summed E-state index contributed by atoms with van der Waals surface area (Å²) in [5.41, 5.74) is 7.44. The molecule has 2 amide bonds. The van der Waals surface area contributed by atoms with E-state index in [0.29, 0.717) is 24.2 Å². The second-order valence-electron chi connectivity index (χ2n) is 10.9. The summed E-state index contributed by atoms with van der Waals surface area (Å²) in [6.45, 7) is 0.313. The zero-order valence-electron chi connectivity index (χ0n) is 21.8. The molecule has 1 heterocycles. The lowest BCUT2D eigenvalue weighted by molar-refractivity contribution is -0.136. The number of nitrogens with two attached hydrogens (primary N) is 1. The highest BCUT2D eigenvalue weighted by molar-refractivity contribution is 5.89. The molecule has 1 aromatic heterocycles. The summed E-state index contributed by atoms with van der Waals surface area (Å²) in [5, 5.41) is 16.9. The molecule has 2 saturated carbocycles. The number of hydrogen-bond donors (Lipinski definition) is 4. The third-order valence-corrected chi connectivity index (χ3v) is 8.24. The van der Waals surface area contributed by atoms with Gasteiger partial charge in [-0.15, -0.1) is 0 Å². The van der Waals surface area contributed by atoms with Crippen molar-refractivity contribution >= 4 is 17.6 Å². The maximum atomic E-state index is 13.8. The Morgan fingerprint density at radius 3 is 2.05 bits per heavy atom. The molecular formula is C30H42N4O3. The third-order valence-electron chi connectivity index (χ3n) is 8.24. The van der Waals surface area contributed by atoms with Gasteiger partial charge in [0.25, 0.3) is 0 Å². The molecule has 2 aliphatic rings. The van der Waals surface area contributed by atoms with Gasteiger partial charge in [0, 0.05) is 19.2 Å². The Balaban J connectivity index is 1.54. The zero-order chi connectivity index (χ0) is 26.0. The Morgan fingerprint density at radius 2 is 1.49 bits per heavy atom. The van der Waals surface area contributed by atoms with E-state index < -0.39 is 18.1 Å². The van der Waals surface area contributed by atoms with Crippen molar-refractivity contribution in [3.63, 3.8) is 0 Å². The fourth-order valence-electron chi connectivity index (χ4n) is 6.32. The highest BCUT2D eigenvalue weighted by atomic mass is 16.3. The highest BCUT2D eigenvalue weighted by Crippen LogP contribution is 2.42. The Hall–Kier alpha value is -2.93. The van der Waals surface area contributed by atoms with E-state index in [-0.39, 0.29) is 18.2 Å². The second kappa shape index (κ2) is 13.6. The minimum atomic E-state index is -1.21. The Morgan fingerprint density at radius 1 is 0.865 bits per heavy atom. The van der Waals surface area contributed by atoms with Crippen molar-refractivity contribution in [2.45, 2.75) is 89.3 Å². The number of carbonyl (C=O) groups excluding carboxylic acids is 2. The maximum absolute atomic E-state index is 13.8. The highest BCUT2D eigenvalue weighted by Gasteiger charge is 2.41. The van der Waals surface area contributed by atoms with Crippen molar-refractivity contribution in [1.82, 2.24) is 15.6 Å². The van der Waals surface area contributed by atoms with Gasteiger partial charge in [-0.25, -0.2) is 4.98 Å². The monoisotopic (exact) mass is 506 g/mol. The van der Waals surface area contributed by atoms with Crippen LogP contribution in [0.3, 0.4) is 0 Å². The number of aliphatic hydroxyl groups is 1. The first kappa shape index (κ1) is 27.1. The summed E-state index contributed by atoms with van der Waals surface area (Å²) in [4.78, 5) is 31.2. The van der Waals surface area contributed by atoms with Gasteiger partial charge in [0.2, 0.25) is 11.8 Å². The van der Waals surface area contributed by atoms with Crippen LogP contribution in [0.4, 0.5) is 5.82 Å². The predicted molar refractivity (Wildman–Crippen MR) is 145 cm³/mol. The smallest absolute Gasteiger partial charge is 0.249 e. The minimum Gasteiger partial charge on any atom is -0.384 e. The molecule has 37 heavy (non-hydrogen) atoms. The summed E-state index contributed by atoms with van der Waals surface area (Å²) in [6.07, 6.45) is 12.2. The van der Waals surface area contributed by atoms with Crippen LogP contribution in [-0.4, -0.2) is 34.1 Å². The van der Waals surface area contributed by atoms with Crippen LogP contribution in [0.2, 0.25) is 0 Å². The number of amides is 2. The number of benzene rings is 1. The fraction of sp³-hybridized carbons (Fsp3) is 0.567. The molecule has 5 N–H and O–H groups in total. The van der Waals surface area contributed by atoms with E-state index >= 15 is 0 Å². The lowest BCUT2D eigenvalue weighted by Gasteiger charge is -2.42. The molecule has 2 atom stereocenters. The molecule has 0 aliphatic heterocycles. The average Bonchev–Trinajstić information content (AvgIpc) is 2.94. The molecule has 0 bridgehead atoms. The number of carbonyl (C=O) groups is 2. The predicted octanol–water partition coefficient (Wildman–Crippen LogP) is 4.15. The zero-order valence-corrected chi connectivity index (χ0v) is 21.8. The van der Waals surface area contributed by atoms with Gasteiger partial charge in [0.05, 0.1) is 0 Å². The molecule has 7 nitrogen and oxygen atoms in total. The van der Waals surface area contributed by atoms with E-state index in [1.807, 2.05) is 36.4 Å². The van der Waals surface area contributed by atoms with Gasteiger partial charge < -0.3 is 21.5 Å². The first-order valence-electron chi connectivity index (χ1n) is 14.0. The van der Waals surface area contributed by atoms with Gasteiger partial charge in [-0.05, 0) is 34.9 Å². The van der Waals surface area contributed by atoms with Crippen LogP contribution in [0.1, 0.15) is 75.3 Å². The number of hydrogen-bond acceptors (Lipinski definition) is 5. The molecule has 0 radical (unpaired) electrons. The van der Waals surface area contributed by atoms with E-state index in [4.69, 9.17) is 5.73 Å². The summed E-state index contributed by atoms with van der Waals surface area (Å²) >= 11 is 0. The first-order valence-corrected chi connectivity index (χ1v) is 14.0. The fourth-order valence-corrected chi connectivity index (χ4v) is 6.32. The molecule has 0 saturated heterocycles. The summed E-state index contributed by atoms with van der Waals surface area (Å²) < 4.78 is 0. The van der Waals surface area contributed by atoms with Crippen molar-refractivity contribution in [2.75, 3.05) is 5.73 Å². The molecule has 0 unspecified atom stereocenters. The molecule has 2 fully saturated rings. The summed E-state index contributed by atoms with van der Waals surface area (Å²) in [7, 11) is 0. The molecule has 0 spiro atoms. The number of pyridine rings is 1. The van der Waals surface area contributed by atoms with E-state index in [0.717, 1.165) is 36.8 Å².